The van der Waals surface area contributed by atoms with E-state index in [2.05, 4.69) is 17.0 Å². The van der Waals surface area contributed by atoms with Crippen LogP contribution in [0.25, 0.3) is 0 Å². The highest BCUT2D eigenvalue weighted by molar-refractivity contribution is 6.04. The maximum atomic E-state index is 12.2. The molecule has 0 heterocycles. The maximum Gasteiger partial charge on any atom is 0.573 e. The van der Waals surface area contributed by atoms with Gasteiger partial charge in [0.15, 0.2) is 0 Å². The minimum absolute atomic E-state index is 0.253. The van der Waals surface area contributed by atoms with E-state index in [1.165, 1.54) is 12.1 Å². The molecule has 0 bridgehead atoms. The van der Waals surface area contributed by atoms with Crippen molar-refractivity contribution in [2.24, 2.45) is 0 Å². The molecule has 24 heavy (non-hydrogen) atoms. The second kappa shape index (κ2) is 7.86. The molecule has 0 radical (unpaired) electrons. The fourth-order valence-corrected chi connectivity index (χ4v) is 2.20. The van der Waals surface area contributed by atoms with Gasteiger partial charge in [0, 0.05) is 11.3 Å². The second-order valence-electron chi connectivity index (χ2n) is 5.33. The first-order valence-electron chi connectivity index (χ1n) is 7.63. The Morgan fingerprint density at radius 3 is 2.46 bits per heavy atom. The summed E-state index contributed by atoms with van der Waals surface area (Å²) < 4.78 is 40.1. The van der Waals surface area contributed by atoms with Crippen LogP contribution >= 0.6 is 0 Å². The summed E-state index contributed by atoms with van der Waals surface area (Å²) in [5.41, 5.74) is 2.04. The molecule has 2 rings (SSSR count). The Bertz CT molecular complexity index is 681. The number of alkyl halides is 3. The van der Waals surface area contributed by atoms with Gasteiger partial charge < -0.3 is 10.1 Å². The van der Waals surface area contributed by atoms with E-state index in [1.807, 2.05) is 18.2 Å². The Kier molecular flexibility index (Phi) is 5.84. The Balaban J connectivity index is 2.02. The van der Waals surface area contributed by atoms with Crippen molar-refractivity contribution in [2.45, 2.75) is 32.5 Å². The summed E-state index contributed by atoms with van der Waals surface area (Å²) in [6.45, 7) is 2.11. The first kappa shape index (κ1) is 17.8. The van der Waals surface area contributed by atoms with E-state index in [0.717, 1.165) is 37.0 Å². The Morgan fingerprint density at radius 2 is 1.83 bits per heavy atom. The molecule has 0 saturated heterocycles. The fraction of sp³-hybridized carbons (Fsp3) is 0.278. The van der Waals surface area contributed by atoms with Gasteiger partial charge in [0.1, 0.15) is 5.75 Å². The van der Waals surface area contributed by atoms with E-state index in [0.29, 0.717) is 5.69 Å². The number of hydrogen-bond donors (Lipinski definition) is 1. The quantitative estimate of drug-likeness (QED) is 0.789. The van der Waals surface area contributed by atoms with Crippen molar-refractivity contribution < 1.29 is 22.7 Å². The predicted molar refractivity (Wildman–Crippen MR) is 86.1 cm³/mol. The zero-order valence-electron chi connectivity index (χ0n) is 13.2. The number of carbonyl (C=O) groups is 1. The van der Waals surface area contributed by atoms with Gasteiger partial charge in [-0.05, 0) is 54.8 Å². The van der Waals surface area contributed by atoms with Crippen molar-refractivity contribution in [2.75, 3.05) is 5.32 Å². The van der Waals surface area contributed by atoms with Crippen molar-refractivity contribution in [1.29, 1.82) is 0 Å². The van der Waals surface area contributed by atoms with Crippen LogP contribution in [0, 0.1) is 0 Å². The van der Waals surface area contributed by atoms with Gasteiger partial charge in [-0.25, -0.2) is 0 Å². The minimum atomic E-state index is -4.75. The molecular weight excluding hydrogens is 319 g/mol. The third-order valence-electron chi connectivity index (χ3n) is 3.35. The zero-order valence-corrected chi connectivity index (χ0v) is 13.2. The molecule has 0 saturated carbocycles. The summed E-state index contributed by atoms with van der Waals surface area (Å²) in [6, 6.07) is 12.3. The highest BCUT2D eigenvalue weighted by Crippen LogP contribution is 2.23. The summed E-state index contributed by atoms with van der Waals surface area (Å²) in [7, 11) is 0. The zero-order chi connectivity index (χ0) is 17.6. The van der Waals surface area contributed by atoms with Gasteiger partial charge in [0.25, 0.3) is 5.91 Å². The molecule has 6 heteroatoms. The van der Waals surface area contributed by atoms with Crippen LogP contribution in [-0.4, -0.2) is 12.3 Å². The fourth-order valence-electron chi connectivity index (χ4n) is 2.20. The van der Waals surface area contributed by atoms with Crippen LogP contribution < -0.4 is 10.1 Å². The lowest BCUT2D eigenvalue weighted by molar-refractivity contribution is -0.274. The number of halogens is 3. The van der Waals surface area contributed by atoms with Crippen molar-refractivity contribution in [3.63, 3.8) is 0 Å². The summed E-state index contributed by atoms with van der Waals surface area (Å²) >= 11 is 0. The molecule has 0 unspecified atom stereocenters. The van der Waals surface area contributed by atoms with Crippen LogP contribution in [0.15, 0.2) is 48.5 Å². The SMILES string of the molecule is CCCCc1cccc(NC(=O)c2ccc(OC(F)(F)F)cc2)c1. The molecule has 0 aliphatic rings. The number of unbranched alkanes of at least 4 members (excludes halogenated alkanes) is 1. The monoisotopic (exact) mass is 337 g/mol. The second-order valence-corrected chi connectivity index (χ2v) is 5.33. The molecular formula is C18H18F3NO2. The van der Waals surface area contributed by atoms with E-state index in [1.54, 1.807) is 6.07 Å². The Morgan fingerprint density at radius 1 is 1.12 bits per heavy atom. The molecule has 1 N–H and O–H groups in total. The summed E-state index contributed by atoms with van der Waals surface area (Å²) in [5, 5.41) is 2.74. The highest BCUT2D eigenvalue weighted by Gasteiger charge is 2.31. The first-order valence-corrected chi connectivity index (χ1v) is 7.63. The summed E-state index contributed by atoms with van der Waals surface area (Å²) in [5.74, 6) is -0.748. The molecule has 1 amide bonds. The molecule has 128 valence electrons. The van der Waals surface area contributed by atoms with Gasteiger partial charge in [0.05, 0.1) is 0 Å². The van der Waals surface area contributed by atoms with Gasteiger partial charge in [0.2, 0.25) is 0 Å². The van der Waals surface area contributed by atoms with Crippen molar-refractivity contribution in [3.05, 3.63) is 59.7 Å². The lowest BCUT2D eigenvalue weighted by atomic mass is 10.1. The molecule has 0 aliphatic carbocycles. The van der Waals surface area contributed by atoms with Crippen molar-refractivity contribution >= 4 is 11.6 Å². The molecule has 0 aromatic heterocycles. The van der Waals surface area contributed by atoms with Crippen molar-refractivity contribution in [1.82, 2.24) is 0 Å². The van der Waals surface area contributed by atoms with Gasteiger partial charge >= 0.3 is 6.36 Å². The lowest BCUT2D eigenvalue weighted by Crippen LogP contribution is -2.17. The van der Waals surface area contributed by atoms with E-state index in [-0.39, 0.29) is 17.2 Å². The number of anilines is 1. The smallest absolute Gasteiger partial charge is 0.406 e. The van der Waals surface area contributed by atoms with E-state index in [9.17, 15) is 18.0 Å². The maximum absolute atomic E-state index is 12.2. The number of amides is 1. The van der Waals surface area contributed by atoms with Crippen LogP contribution in [0.4, 0.5) is 18.9 Å². The van der Waals surface area contributed by atoms with Gasteiger partial charge in [-0.15, -0.1) is 13.2 Å². The van der Waals surface area contributed by atoms with Crippen LogP contribution in [0.5, 0.6) is 5.75 Å². The molecule has 2 aromatic carbocycles. The van der Waals surface area contributed by atoms with Gasteiger partial charge in [-0.2, -0.15) is 0 Å². The van der Waals surface area contributed by atoms with Gasteiger partial charge in [-0.3, -0.25) is 4.79 Å². The largest absolute Gasteiger partial charge is 0.573 e. The minimum Gasteiger partial charge on any atom is -0.406 e. The number of ether oxygens (including phenoxy) is 1. The molecule has 0 spiro atoms. The first-order chi connectivity index (χ1) is 11.4. The number of carbonyl (C=O) groups excluding carboxylic acids is 1. The van der Waals surface area contributed by atoms with E-state index >= 15 is 0 Å². The van der Waals surface area contributed by atoms with Crippen LogP contribution in [0.2, 0.25) is 0 Å². The average molecular weight is 337 g/mol. The summed E-state index contributed by atoms with van der Waals surface area (Å²) in [4.78, 5) is 12.2. The third-order valence-corrected chi connectivity index (χ3v) is 3.35. The predicted octanol–water partition coefficient (Wildman–Crippen LogP) is 5.18. The number of aryl methyl sites for hydroxylation is 1. The molecule has 3 nitrogen and oxygen atoms in total. The van der Waals surface area contributed by atoms with Crippen LogP contribution in [-0.2, 0) is 6.42 Å². The Labute approximate surface area is 138 Å². The standard InChI is InChI=1S/C18H18F3NO2/c1-2-3-5-13-6-4-7-15(12-13)22-17(23)14-8-10-16(11-9-14)24-18(19,20)21/h4,6-12H,2-3,5H2,1H3,(H,22,23). The van der Waals surface area contributed by atoms with Crippen LogP contribution in [0.3, 0.4) is 0 Å². The van der Waals surface area contributed by atoms with Gasteiger partial charge in [-0.1, -0.05) is 25.5 Å². The third kappa shape index (κ3) is 5.61. The van der Waals surface area contributed by atoms with E-state index in [4.69, 9.17) is 0 Å². The molecule has 0 atom stereocenters. The molecule has 0 fully saturated rings. The lowest BCUT2D eigenvalue weighted by Gasteiger charge is -2.10. The number of hydrogen-bond acceptors (Lipinski definition) is 2. The normalized spacial score (nSPS) is 11.2. The topological polar surface area (TPSA) is 38.3 Å². The average Bonchev–Trinajstić information content (AvgIpc) is 2.52. The number of nitrogens with one attached hydrogen (secondary N) is 1. The summed E-state index contributed by atoms with van der Waals surface area (Å²) in [6.07, 6.45) is -1.66. The number of benzene rings is 2. The van der Waals surface area contributed by atoms with Crippen LogP contribution in [0.1, 0.15) is 35.7 Å². The highest BCUT2D eigenvalue weighted by atomic mass is 19.4. The van der Waals surface area contributed by atoms with E-state index < -0.39 is 6.36 Å². The Hall–Kier alpha value is -2.50. The molecule has 0 aliphatic heterocycles. The molecule has 2 aromatic rings. The van der Waals surface area contributed by atoms with Crippen molar-refractivity contribution in [3.8, 4) is 5.75 Å². The number of rotatable bonds is 6.